The van der Waals surface area contributed by atoms with Crippen molar-refractivity contribution in [1.29, 1.82) is 0 Å². The van der Waals surface area contributed by atoms with Crippen molar-refractivity contribution in [1.82, 2.24) is 0 Å². The Hall–Kier alpha value is -14.0. The van der Waals surface area contributed by atoms with Crippen LogP contribution in [0.25, 0.3) is 194 Å². The molecule has 24 aromatic rings. The second-order valence-corrected chi connectivity index (χ2v) is 28.0. The summed E-state index contributed by atoms with van der Waals surface area (Å²) in [7, 11) is 0. The molecular formula is C108H72. The molecule has 0 bridgehead atoms. The maximum absolute atomic E-state index is 2.24. The highest BCUT2D eigenvalue weighted by molar-refractivity contribution is 6.24. The van der Waals surface area contributed by atoms with Gasteiger partial charge in [0.2, 0.25) is 0 Å². The highest BCUT2D eigenvalue weighted by Crippen LogP contribution is 2.38. The van der Waals surface area contributed by atoms with E-state index in [-0.39, 0.29) is 0 Å². The number of hydrogen-bond acceptors (Lipinski definition) is 0. The molecule has 0 aliphatic heterocycles. The van der Waals surface area contributed by atoms with Crippen LogP contribution in [-0.2, 0) is 0 Å². The minimum atomic E-state index is 1.31. The van der Waals surface area contributed by atoms with Crippen LogP contribution in [-0.4, -0.2) is 0 Å². The molecule has 24 rings (SSSR count). The van der Waals surface area contributed by atoms with Gasteiger partial charge in [0.05, 0.1) is 0 Å². The quantitative estimate of drug-likeness (QED) is 0.133. The Bertz CT molecular complexity index is 6380. The Balaban J connectivity index is 0.0000000882. The molecule has 0 heterocycles. The van der Waals surface area contributed by atoms with Gasteiger partial charge in [-0.1, -0.05) is 437 Å². The van der Waals surface area contributed by atoms with Gasteiger partial charge in [0.15, 0.2) is 0 Å². The molecule has 0 saturated carbocycles. The van der Waals surface area contributed by atoms with Gasteiger partial charge in [-0.3, -0.25) is 0 Å². The van der Waals surface area contributed by atoms with Gasteiger partial charge in [-0.05, 0) is 194 Å². The SMILES string of the molecule is c1ccc2c(c1)ccc1c3ccccc3ccc21.c1ccc2c(c1)ccc1c3ccccc3ccc21.c1ccc2c(c1)ccc1c3ccccc3ccc21.c1ccc2c(c1)ccc1c3ccccc3ccc21.c1ccc2c(c1)ccc1ccc3ccccc3c12.c1ccc2c(c1)ccc1ccc3ccccc3c12. The summed E-state index contributed by atoms with van der Waals surface area (Å²) in [5, 5.41) is 47.8. The number of rotatable bonds is 0. The van der Waals surface area contributed by atoms with E-state index in [4.69, 9.17) is 0 Å². The molecule has 0 fully saturated rings. The zero-order chi connectivity index (χ0) is 71.7. The van der Waals surface area contributed by atoms with Crippen LogP contribution in [0.15, 0.2) is 437 Å². The summed E-state index contributed by atoms with van der Waals surface area (Å²) in [6.07, 6.45) is 0. The van der Waals surface area contributed by atoms with E-state index in [0.29, 0.717) is 0 Å². The molecule has 0 heteroatoms. The molecule has 0 aliphatic rings. The van der Waals surface area contributed by atoms with Gasteiger partial charge in [0.25, 0.3) is 0 Å². The van der Waals surface area contributed by atoms with Crippen LogP contribution in [0.4, 0.5) is 0 Å². The highest BCUT2D eigenvalue weighted by Gasteiger charge is 2.11. The third kappa shape index (κ3) is 12.2. The number of fused-ring (bicyclic) bond motifs is 30. The summed E-state index contributed by atoms with van der Waals surface area (Å²) in [5.74, 6) is 0. The van der Waals surface area contributed by atoms with E-state index in [9.17, 15) is 0 Å². The molecule has 0 N–H and O–H groups in total. The Labute approximate surface area is 626 Å². The molecule has 0 spiro atoms. The van der Waals surface area contributed by atoms with Crippen molar-refractivity contribution >= 4 is 194 Å². The van der Waals surface area contributed by atoms with Crippen molar-refractivity contribution in [2.75, 3.05) is 0 Å². The van der Waals surface area contributed by atoms with E-state index in [2.05, 4.69) is 437 Å². The lowest BCUT2D eigenvalue weighted by atomic mass is 9.97. The smallest absolute Gasteiger partial charge is 0.00268 e. The Morgan fingerprint density at radius 2 is 0.167 bits per heavy atom. The molecule has 0 atom stereocenters. The van der Waals surface area contributed by atoms with Crippen LogP contribution >= 0.6 is 0 Å². The standard InChI is InChI=1S/6C18H12/c2*1-3-7-16-13(5-1)9-11-15-12-10-14-6-2-4-8-17(14)18(15)16;4*1-3-7-15-13(5-1)9-11-18-16-8-4-2-6-14(16)10-12-17(15)18/h6*1-12H. The Morgan fingerprint density at radius 3 is 0.315 bits per heavy atom. The van der Waals surface area contributed by atoms with Crippen molar-refractivity contribution in [2.24, 2.45) is 0 Å². The fourth-order valence-corrected chi connectivity index (χ4v) is 16.6. The lowest BCUT2D eigenvalue weighted by molar-refractivity contribution is 1.77. The zero-order valence-electron chi connectivity index (χ0n) is 59.6. The predicted octanol–water partition coefficient (Wildman–Crippen LogP) is 30.9. The van der Waals surface area contributed by atoms with Gasteiger partial charge in [-0.25, -0.2) is 0 Å². The molecule has 0 nitrogen and oxygen atoms in total. The van der Waals surface area contributed by atoms with E-state index < -0.39 is 0 Å². The van der Waals surface area contributed by atoms with Crippen molar-refractivity contribution in [3.63, 3.8) is 0 Å². The van der Waals surface area contributed by atoms with Gasteiger partial charge in [0.1, 0.15) is 0 Å². The summed E-state index contributed by atoms with van der Waals surface area (Å²) in [4.78, 5) is 0. The predicted molar refractivity (Wildman–Crippen MR) is 474 cm³/mol. The van der Waals surface area contributed by atoms with Crippen molar-refractivity contribution < 1.29 is 0 Å². The largest absolute Gasteiger partial charge is 0.0616 e. The zero-order valence-corrected chi connectivity index (χ0v) is 59.6. The Morgan fingerprint density at radius 1 is 0.0648 bits per heavy atom. The minimum absolute atomic E-state index is 1.31. The average Bonchev–Trinajstić information content (AvgIpc) is 0.789. The molecule has 0 saturated heterocycles. The second kappa shape index (κ2) is 28.5. The summed E-state index contributed by atoms with van der Waals surface area (Å²) in [6, 6.07) is 156. The molecule has 0 aromatic heterocycles. The lowest BCUT2D eigenvalue weighted by Crippen LogP contribution is -1.80. The average molecular weight is 1370 g/mol. The van der Waals surface area contributed by atoms with Crippen LogP contribution in [0, 0.1) is 0 Å². The van der Waals surface area contributed by atoms with Crippen LogP contribution in [0.5, 0.6) is 0 Å². The molecule has 0 unspecified atom stereocenters. The topological polar surface area (TPSA) is 0 Å². The van der Waals surface area contributed by atoms with E-state index >= 15 is 0 Å². The third-order valence-corrected chi connectivity index (χ3v) is 21.9. The van der Waals surface area contributed by atoms with Crippen LogP contribution in [0.1, 0.15) is 0 Å². The lowest BCUT2D eigenvalue weighted by Gasteiger charge is -2.07. The molecule has 108 heavy (non-hydrogen) atoms. The van der Waals surface area contributed by atoms with Crippen molar-refractivity contribution in [3.8, 4) is 0 Å². The first-order valence-electron chi connectivity index (χ1n) is 37.4. The maximum atomic E-state index is 2.24. The summed E-state index contributed by atoms with van der Waals surface area (Å²) in [6.45, 7) is 0. The van der Waals surface area contributed by atoms with Gasteiger partial charge in [-0.2, -0.15) is 0 Å². The van der Waals surface area contributed by atoms with Crippen molar-refractivity contribution in [2.45, 2.75) is 0 Å². The Kier molecular flexibility index (Phi) is 17.1. The van der Waals surface area contributed by atoms with Gasteiger partial charge in [-0.15, -0.1) is 0 Å². The van der Waals surface area contributed by atoms with Gasteiger partial charge in [0, 0.05) is 0 Å². The van der Waals surface area contributed by atoms with Gasteiger partial charge < -0.3 is 0 Å². The molecular weight excluding hydrogens is 1300 g/mol. The summed E-state index contributed by atoms with van der Waals surface area (Å²) < 4.78 is 0. The molecule has 504 valence electrons. The minimum Gasteiger partial charge on any atom is -0.0616 e. The fourth-order valence-electron chi connectivity index (χ4n) is 16.6. The first-order chi connectivity index (χ1) is 53.6. The molecule has 0 radical (unpaired) electrons. The highest BCUT2D eigenvalue weighted by atomic mass is 14.1. The fraction of sp³-hybridized carbons (Fsp3) is 0. The molecule has 24 aromatic carbocycles. The van der Waals surface area contributed by atoms with Crippen LogP contribution < -0.4 is 0 Å². The molecule has 0 aliphatic carbocycles. The summed E-state index contributed by atoms with van der Waals surface area (Å²) >= 11 is 0. The van der Waals surface area contributed by atoms with E-state index in [1.807, 2.05) is 0 Å². The van der Waals surface area contributed by atoms with E-state index in [1.165, 1.54) is 194 Å². The monoisotopic (exact) mass is 1370 g/mol. The van der Waals surface area contributed by atoms with Crippen LogP contribution in [0.2, 0.25) is 0 Å². The number of benzene rings is 24. The van der Waals surface area contributed by atoms with Crippen molar-refractivity contribution in [3.05, 3.63) is 437 Å². The summed E-state index contributed by atoms with van der Waals surface area (Å²) in [5.41, 5.74) is 0. The third-order valence-electron chi connectivity index (χ3n) is 21.9. The molecule has 0 amide bonds. The first kappa shape index (κ1) is 64.8. The second-order valence-electron chi connectivity index (χ2n) is 28.0. The van der Waals surface area contributed by atoms with E-state index in [1.54, 1.807) is 0 Å². The first-order valence-corrected chi connectivity index (χ1v) is 37.4. The van der Waals surface area contributed by atoms with E-state index in [0.717, 1.165) is 0 Å². The van der Waals surface area contributed by atoms with Crippen LogP contribution in [0.3, 0.4) is 0 Å². The number of hydrogen-bond donors (Lipinski definition) is 0. The normalized spacial score (nSPS) is 11.3. The maximum Gasteiger partial charge on any atom is -0.00268 e. The van der Waals surface area contributed by atoms with Gasteiger partial charge >= 0.3 is 0 Å².